The second-order valence-corrected chi connectivity index (χ2v) is 3.45. The molecule has 4 N–H and O–H groups in total. The average Bonchev–Trinajstić information content (AvgIpc) is 1.92. The predicted molar refractivity (Wildman–Crippen MR) is 47.4 cm³/mol. The molecule has 0 unspecified atom stereocenters. The molecule has 0 aliphatic heterocycles. The number of aromatic hydroxyl groups is 1. The molecule has 0 aliphatic rings. The molecule has 0 fully saturated rings. The summed E-state index contributed by atoms with van der Waals surface area (Å²) in [5.74, 6) is 0.245. The third-order valence-corrected chi connectivity index (χ3v) is 1.08. The van der Waals surface area contributed by atoms with Gasteiger partial charge >= 0.3 is 7.82 Å². The largest absolute Gasteiger partial charge is 0.508 e. The fourth-order valence-corrected chi connectivity index (χ4v) is 0.567. The second kappa shape index (κ2) is 5.21. The number of rotatable bonds is 0. The molecule has 0 spiro atoms. The maximum atomic E-state index is 8.88. The maximum Gasteiger partial charge on any atom is 0.466 e. The van der Waals surface area contributed by atoms with Crippen molar-refractivity contribution < 1.29 is 24.4 Å². The summed E-state index contributed by atoms with van der Waals surface area (Å²) < 4.78 is 8.88. The molecule has 0 saturated carbocycles. The van der Waals surface area contributed by atoms with E-state index < -0.39 is 7.82 Å². The predicted octanol–water partition coefficient (Wildman–Crippen LogP) is 1.12. The Bertz CT molecular complexity index is 263. The van der Waals surface area contributed by atoms with E-state index in [0.29, 0.717) is 5.02 Å². The normalized spacial score (nSPS) is 10.2. The van der Waals surface area contributed by atoms with Gasteiger partial charge in [-0.3, -0.25) is 0 Å². The fraction of sp³-hybridized carbons (Fsp3) is 0. The molecule has 0 aliphatic carbocycles. The van der Waals surface area contributed by atoms with E-state index in [1.807, 2.05) is 0 Å². The van der Waals surface area contributed by atoms with Gasteiger partial charge in [-0.25, -0.2) is 4.57 Å². The molecule has 0 amide bonds. The molecule has 0 heterocycles. The Labute approximate surface area is 79.5 Å². The van der Waals surface area contributed by atoms with Gasteiger partial charge in [-0.2, -0.15) is 0 Å². The van der Waals surface area contributed by atoms with Crippen LogP contribution >= 0.6 is 19.4 Å². The van der Waals surface area contributed by atoms with Crippen LogP contribution in [0.4, 0.5) is 0 Å². The molecule has 1 aromatic rings. The lowest BCUT2D eigenvalue weighted by Gasteiger charge is -1.87. The topological polar surface area (TPSA) is 98.0 Å². The molecule has 7 heteroatoms. The van der Waals surface area contributed by atoms with E-state index in [2.05, 4.69) is 0 Å². The van der Waals surface area contributed by atoms with E-state index in [1.165, 1.54) is 0 Å². The van der Waals surface area contributed by atoms with Crippen LogP contribution < -0.4 is 0 Å². The monoisotopic (exact) mass is 226 g/mol. The minimum absolute atomic E-state index is 0.245. The van der Waals surface area contributed by atoms with Crippen molar-refractivity contribution in [2.45, 2.75) is 0 Å². The minimum atomic E-state index is -4.64. The Kier molecular flexibility index (Phi) is 4.98. The summed E-state index contributed by atoms with van der Waals surface area (Å²) in [6.45, 7) is 0. The van der Waals surface area contributed by atoms with Gasteiger partial charge in [0.25, 0.3) is 0 Å². The van der Waals surface area contributed by atoms with E-state index in [4.69, 9.17) is 36.0 Å². The number of phosphoric acid groups is 1. The standard InChI is InChI=1S/C6H5ClO.H3O4P/c7-5-1-3-6(8)4-2-5;1-5(2,3)4/h1-4,8H;(H3,1,2,3,4). The van der Waals surface area contributed by atoms with Crippen LogP contribution in [0.3, 0.4) is 0 Å². The van der Waals surface area contributed by atoms with Crippen molar-refractivity contribution >= 4 is 19.4 Å². The molecule has 5 nitrogen and oxygen atoms in total. The summed E-state index contributed by atoms with van der Waals surface area (Å²) >= 11 is 5.50. The van der Waals surface area contributed by atoms with Gasteiger partial charge in [0.2, 0.25) is 0 Å². The molecule has 0 radical (unpaired) electrons. The summed E-state index contributed by atoms with van der Waals surface area (Å²) in [5.41, 5.74) is 0. The zero-order chi connectivity index (χ0) is 10.5. The average molecular weight is 227 g/mol. The molecular weight excluding hydrogens is 218 g/mol. The van der Waals surface area contributed by atoms with E-state index in [-0.39, 0.29) is 5.75 Å². The van der Waals surface area contributed by atoms with E-state index in [9.17, 15) is 0 Å². The first-order valence-electron chi connectivity index (χ1n) is 3.02. The fourth-order valence-electron chi connectivity index (χ4n) is 0.441. The number of halogens is 1. The van der Waals surface area contributed by atoms with Gasteiger partial charge in [0.05, 0.1) is 0 Å². The Morgan fingerprint density at radius 3 is 1.62 bits per heavy atom. The first-order valence-corrected chi connectivity index (χ1v) is 4.96. The van der Waals surface area contributed by atoms with Gasteiger partial charge in [0.1, 0.15) is 5.75 Å². The molecular formula is C6H8ClO5P. The summed E-state index contributed by atoms with van der Waals surface area (Å²) in [6.07, 6.45) is 0. The molecule has 1 aromatic carbocycles. The Morgan fingerprint density at radius 2 is 1.38 bits per heavy atom. The maximum absolute atomic E-state index is 8.88. The molecule has 0 saturated heterocycles. The molecule has 1 rings (SSSR count). The van der Waals surface area contributed by atoms with Crippen molar-refractivity contribution in [3.05, 3.63) is 29.3 Å². The van der Waals surface area contributed by atoms with Crippen molar-refractivity contribution in [3.63, 3.8) is 0 Å². The summed E-state index contributed by atoms with van der Waals surface area (Å²) in [6, 6.07) is 6.36. The zero-order valence-corrected chi connectivity index (χ0v) is 7.98. The molecule has 13 heavy (non-hydrogen) atoms. The van der Waals surface area contributed by atoms with Gasteiger partial charge < -0.3 is 19.8 Å². The number of phenolic OH excluding ortho intramolecular Hbond substituents is 1. The lowest BCUT2D eigenvalue weighted by atomic mass is 10.3. The van der Waals surface area contributed by atoms with Gasteiger partial charge in [-0.1, -0.05) is 11.6 Å². The van der Waals surface area contributed by atoms with Crippen molar-refractivity contribution in [3.8, 4) is 5.75 Å². The van der Waals surface area contributed by atoms with Crippen LogP contribution in [0.1, 0.15) is 0 Å². The number of hydrogen-bond donors (Lipinski definition) is 4. The summed E-state index contributed by atoms with van der Waals surface area (Å²) in [7, 11) is -4.64. The molecule has 74 valence electrons. The van der Waals surface area contributed by atoms with Crippen molar-refractivity contribution in [1.82, 2.24) is 0 Å². The lowest BCUT2D eigenvalue weighted by molar-refractivity contribution is 0.275. The van der Waals surface area contributed by atoms with Gasteiger partial charge in [-0.15, -0.1) is 0 Å². The van der Waals surface area contributed by atoms with Gasteiger partial charge in [0, 0.05) is 5.02 Å². The van der Waals surface area contributed by atoms with Crippen LogP contribution in [-0.2, 0) is 4.57 Å². The Balaban J connectivity index is 0.000000252. The third kappa shape index (κ3) is 11.4. The van der Waals surface area contributed by atoms with Crippen molar-refractivity contribution in [1.29, 1.82) is 0 Å². The minimum Gasteiger partial charge on any atom is -0.508 e. The quantitative estimate of drug-likeness (QED) is 0.497. The summed E-state index contributed by atoms with van der Waals surface area (Å²) in [5, 5.41) is 9.34. The molecule has 0 bridgehead atoms. The van der Waals surface area contributed by atoms with E-state index in [1.54, 1.807) is 24.3 Å². The van der Waals surface area contributed by atoms with Crippen LogP contribution in [0.2, 0.25) is 5.02 Å². The SMILES string of the molecule is O=P(O)(O)O.Oc1ccc(Cl)cc1. The first kappa shape index (κ1) is 12.4. The summed E-state index contributed by atoms with van der Waals surface area (Å²) in [4.78, 5) is 21.6. The number of benzene rings is 1. The first-order chi connectivity index (χ1) is 5.79. The van der Waals surface area contributed by atoms with E-state index >= 15 is 0 Å². The smallest absolute Gasteiger partial charge is 0.466 e. The van der Waals surface area contributed by atoms with Gasteiger partial charge in [-0.05, 0) is 24.3 Å². The highest BCUT2D eigenvalue weighted by molar-refractivity contribution is 7.45. The van der Waals surface area contributed by atoms with E-state index in [0.717, 1.165) is 0 Å². The van der Waals surface area contributed by atoms with Crippen molar-refractivity contribution in [2.75, 3.05) is 0 Å². The Hall–Kier alpha value is -0.580. The molecule has 0 aromatic heterocycles. The highest BCUT2D eigenvalue weighted by atomic mass is 35.5. The van der Waals surface area contributed by atoms with Gasteiger partial charge in [0.15, 0.2) is 0 Å². The van der Waals surface area contributed by atoms with Crippen molar-refractivity contribution in [2.24, 2.45) is 0 Å². The van der Waals surface area contributed by atoms with Crippen LogP contribution in [-0.4, -0.2) is 19.8 Å². The highest BCUT2D eigenvalue weighted by Gasteiger charge is 2.00. The van der Waals surface area contributed by atoms with Crippen LogP contribution in [0.15, 0.2) is 24.3 Å². The van der Waals surface area contributed by atoms with Crippen LogP contribution in [0, 0.1) is 0 Å². The second-order valence-electron chi connectivity index (χ2n) is 1.99. The third-order valence-electron chi connectivity index (χ3n) is 0.827. The molecule has 0 atom stereocenters. The number of phenols is 1. The number of hydrogen-bond acceptors (Lipinski definition) is 2. The van der Waals surface area contributed by atoms with Crippen LogP contribution in [0.5, 0.6) is 5.75 Å². The highest BCUT2D eigenvalue weighted by Crippen LogP contribution is 2.25. The lowest BCUT2D eigenvalue weighted by Crippen LogP contribution is -1.66. The van der Waals surface area contributed by atoms with Crippen LogP contribution in [0.25, 0.3) is 0 Å². The Morgan fingerprint density at radius 1 is 1.08 bits per heavy atom. The zero-order valence-electron chi connectivity index (χ0n) is 6.33.